The zero-order valence-electron chi connectivity index (χ0n) is 10.9. The molecule has 0 heterocycles. The van der Waals surface area contributed by atoms with E-state index in [4.69, 9.17) is 4.74 Å². The number of alkyl halides is 2. The van der Waals surface area contributed by atoms with E-state index in [0.29, 0.717) is 6.54 Å². The van der Waals surface area contributed by atoms with Crippen molar-refractivity contribution in [3.63, 3.8) is 0 Å². The second kappa shape index (κ2) is 8.08. The van der Waals surface area contributed by atoms with Crippen molar-refractivity contribution in [2.75, 3.05) is 13.2 Å². The molecular weight excluding hydrogens is 272 g/mol. The molecule has 0 unspecified atom stereocenters. The van der Waals surface area contributed by atoms with Crippen molar-refractivity contribution < 1.29 is 27.8 Å². The van der Waals surface area contributed by atoms with Gasteiger partial charge in [0.1, 0.15) is 11.3 Å². The summed E-state index contributed by atoms with van der Waals surface area (Å²) in [6.07, 6.45) is 0.755. The van der Waals surface area contributed by atoms with Gasteiger partial charge in [0, 0.05) is 6.54 Å². The monoisotopic (exact) mass is 287 g/mol. The molecule has 0 fully saturated rings. The second-order valence-electron chi connectivity index (χ2n) is 3.80. The number of carbonyl (C=O) groups is 2. The molecule has 0 radical (unpaired) electrons. The van der Waals surface area contributed by atoms with Crippen LogP contribution in [0, 0.1) is 0 Å². The Morgan fingerprint density at radius 1 is 1.30 bits per heavy atom. The number of hydrogen-bond acceptors (Lipinski definition) is 4. The molecule has 0 saturated carbocycles. The van der Waals surface area contributed by atoms with E-state index >= 15 is 0 Å². The quantitative estimate of drug-likeness (QED) is 0.779. The van der Waals surface area contributed by atoms with Gasteiger partial charge in [-0.25, -0.2) is 4.79 Å². The standard InChI is InChI=1S/C13H15F2NO4/c1-2-7-16-11(17)8-19-12(18)9-5-3-4-6-10(9)20-13(14)15/h3-6,13H,2,7-8H2,1H3,(H,16,17). The minimum Gasteiger partial charge on any atom is -0.452 e. The Hall–Kier alpha value is -2.18. The van der Waals surface area contributed by atoms with Crippen molar-refractivity contribution in [3.05, 3.63) is 29.8 Å². The van der Waals surface area contributed by atoms with Gasteiger partial charge in [-0.05, 0) is 18.6 Å². The molecule has 1 aromatic rings. The number of hydrogen-bond donors (Lipinski definition) is 1. The lowest BCUT2D eigenvalue weighted by Gasteiger charge is -2.10. The maximum atomic E-state index is 12.2. The number of rotatable bonds is 7. The van der Waals surface area contributed by atoms with Crippen LogP contribution in [0.2, 0.25) is 0 Å². The Morgan fingerprint density at radius 2 is 2.00 bits per heavy atom. The molecule has 0 atom stereocenters. The first-order valence-corrected chi connectivity index (χ1v) is 6.02. The SMILES string of the molecule is CCCNC(=O)COC(=O)c1ccccc1OC(F)F. The average molecular weight is 287 g/mol. The predicted octanol–water partition coefficient (Wildman–Crippen LogP) is 1.97. The van der Waals surface area contributed by atoms with Crippen LogP contribution in [0.1, 0.15) is 23.7 Å². The van der Waals surface area contributed by atoms with E-state index in [1.165, 1.54) is 24.3 Å². The number of benzene rings is 1. The van der Waals surface area contributed by atoms with E-state index in [9.17, 15) is 18.4 Å². The molecule has 1 amide bonds. The number of esters is 1. The van der Waals surface area contributed by atoms with Crippen LogP contribution in [-0.2, 0) is 9.53 Å². The van der Waals surface area contributed by atoms with Gasteiger partial charge in [0.15, 0.2) is 6.61 Å². The normalized spacial score (nSPS) is 10.2. The average Bonchev–Trinajstić information content (AvgIpc) is 2.42. The summed E-state index contributed by atoms with van der Waals surface area (Å²) in [7, 11) is 0. The zero-order chi connectivity index (χ0) is 15.0. The summed E-state index contributed by atoms with van der Waals surface area (Å²) >= 11 is 0. The third-order valence-corrected chi connectivity index (χ3v) is 2.23. The van der Waals surface area contributed by atoms with Gasteiger partial charge in [-0.2, -0.15) is 8.78 Å². The Balaban J connectivity index is 2.61. The summed E-state index contributed by atoms with van der Waals surface area (Å²) in [5.41, 5.74) is -0.156. The first-order valence-electron chi connectivity index (χ1n) is 6.02. The van der Waals surface area contributed by atoms with Crippen molar-refractivity contribution in [1.29, 1.82) is 0 Å². The topological polar surface area (TPSA) is 64.6 Å². The van der Waals surface area contributed by atoms with Gasteiger partial charge >= 0.3 is 12.6 Å². The van der Waals surface area contributed by atoms with Crippen LogP contribution >= 0.6 is 0 Å². The molecule has 0 aliphatic rings. The van der Waals surface area contributed by atoms with E-state index in [1.54, 1.807) is 0 Å². The maximum absolute atomic E-state index is 12.2. The fourth-order valence-electron chi connectivity index (χ4n) is 1.36. The van der Waals surface area contributed by atoms with Gasteiger partial charge in [-0.15, -0.1) is 0 Å². The van der Waals surface area contributed by atoms with Crippen molar-refractivity contribution in [2.45, 2.75) is 20.0 Å². The highest BCUT2D eigenvalue weighted by Crippen LogP contribution is 2.20. The van der Waals surface area contributed by atoms with Crippen LogP contribution in [-0.4, -0.2) is 31.6 Å². The molecule has 0 bridgehead atoms. The highest BCUT2D eigenvalue weighted by atomic mass is 19.3. The molecule has 0 aliphatic heterocycles. The van der Waals surface area contributed by atoms with Crippen molar-refractivity contribution >= 4 is 11.9 Å². The second-order valence-corrected chi connectivity index (χ2v) is 3.80. The lowest BCUT2D eigenvalue weighted by Crippen LogP contribution is -2.29. The number of carbonyl (C=O) groups excluding carboxylic acids is 2. The smallest absolute Gasteiger partial charge is 0.387 e. The summed E-state index contributed by atoms with van der Waals surface area (Å²) in [5.74, 6) is -1.64. The highest BCUT2D eigenvalue weighted by molar-refractivity contribution is 5.93. The number of halogens is 2. The van der Waals surface area contributed by atoms with Crippen molar-refractivity contribution in [3.8, 4) is 5.75 Å². The summed E-state index contributed by atoms with van der Waals surface area (Å²) in [5, 5.41) is 2.52. The van der Waals surface area contributed by atoms with E-state index in [-0.39, 0.29) is 11.3 Å². The number of amides is 1. The summed E-state index contributed by atoms with van der Waals surface area (Å²) in [6, 6.07) is 5.43. The molecule has 1 rings (SSSR count). The van der Waals surface area contributed by atoms with Crippen LogP contribution in [0.15, 0.2) is 24.3 Å². The third-order valence-electron chi connectivity index (χ3n) is 2.23. The first kappa shape index (κ1) is 15.9. The van der Waals surface area contributed by atoms with E-state index in [0.717, 1.165) is 6.42 Å². The molecule has 7 heteroatoms. The molecule has 110 valence electrons. The van der Waals surface area contributed by atoms with Crippen molar-refractivity contribution in [1.82, 2.24) is 5.32 Å². The molecule has 0 aliphatic carbocycles. The van der Waals surface area contributed by atoms with Crippen LogP contribution in [0.5, 0.6) is 5.75 Å². The number of ether oxygens (including phenoxy) is 2. The molecule has 5 nitrogen and oxygen atoms in total. The largest absolute Gasteiger partial charge is 0.452 e. The maximum Gasteiger partial charge on any atom is 0.387 e. The highest BCUT2D eigenvalue weighted by Gasteiger charge is 2.17. The van der Waals surface area contributed by atoms with Crippen LogP contribution in [0.25, 0.3) is 0 Å². The van der Waals surface area contributed by atoms with Crippen LogP contribution < -0.4 is 10.1 Å². The summed E-state index contributed by atoms with van der Waals surface area (Å²) in [6.45, 7) is -1.16. The van der Waals surface area contributed by atoms with Gasteiger partial charge in [-0.1, -0.05) is 19.1 Å². The van der Waals surface area contributed by atoms with Gasteiger partial charge in [0.2, 0.25) is 0 Å². The molecule has 0 spiro atoms. The fraction of sp³-hybridized carbons (Fsp3) is 0.385. The molecule has 1 N–H and O–H groups in total. The third kappa shape index (κ3) is 5.21. The van der Waals surface area contributed by atoms with E-state index in [1.807, 2.05) is 6.92 Å². The predicted molar refractivity (Wildman–Crippen MR) is 66.7 cm³/mol. The molecular formula is C13H15F2NO4. The van der Waals surface area contributed by atoms with Gasteiger partial charge < -0.3 is 14.8 Å². The minimum absolute atomic E-state index is 0.156. The molecule has 1 aromatic carbocycles. The van der Waals surface area contributed by atoms with Gasteiger partial charge in [0.05, 0.1) is 0 Å². The lowest BCUT2D eigenvalue weighted by molar-refractivity contribution is -0.124. The first-order chi connectivity index (χ1) is 9.54. The summed E-state index contributed by atoms with van der Waals surface area (Å²) in [4.78, 5) is 23.0. The minimum atomic E-state index is -3.04. The molecule has 0 saturated heterocycles. The van der Waals surface area contributed by atoms with E-state index in [2.05, 4.69) is 10.1 Å². The van der Waals surface area contributed by atoms with Crippen LogP contribution in [0.4, 0.5) is 8.78 Å². The van der Waals surface area contributed by atoms with Gasteiger partial charge in [-0.3, -0.25) is 4.79 Å². The summed E-state index contributed by atoms with van der Waals surface area (Å²) < 4.78 is 33.3. The Bertz CT molecular complexity index is 465. The molecule has 0 aromatic heterocycles. The Labute approximate surface area is 114 Å². The Morgan fingerprint density at radius 3 is 2.65 bits per heavy atom. The van der Waals surface area contributed by atoms with Crippen molar-refractivity contribution in [2.24, 2.45) is 0 Å². The van der Waals surface area contributed by atoms with E-state index < -0.39 is 25.1 Å². The number of nitrogens with one attached hydrogen (secondary N) is 1. The van der Waals surface area contributed by atoms with Gasteiger partial charge in [0.25, 0.3) is 5.91 Å². The zero-order valence-corrected chi connectivity index (χ0v) is 10.9. The lowest BCUT2D eigenvalue weighted by atomic mass is 10.2. The number of para-hydroxylation sites is 1. The van der Waals surface area contributed by atoms with Crippen LogP contribution in [0.3, 0.4) is 0 Å². The Kier molecular flexibility index (Phi) is 6.42. The molecule has 20 heavy (non-hydrogen) atoms. The fourth-order valence-corrected chi connectivity index (χ4v) is 1.36.